The van der Waals surface area contributed by atoms with Gasteiger partial charge in [-0.3, -0.25) is 14.4 Å². The summed E-state index contributed by atoms with van der Waals surface area (Å²) in [5, 5.41) is 0. The Kier molecular flexibility index (Phi) is 61.4. The zero-order chi connectivity index (χ0) is 57.1. The Balaban J connectivity index is 4.49. The summed E-state index contributed by atoms with van der Waals surface area (Å²) in [5.74, 6) is -1.08. The van der Waals surface area contributed by atoms with Gasteiger partial charge in [-0.1, -0.05) is 275 Å². The third-order valence-corrected chi connectivity index (χ3v) is 13.0. The molecule has 79 heavy (non-hydrogen) atoms. The van der Waals surface area contributed by atoms with E-state index in [9.17, 15) is 14.4 Å². The first-order chi connectivity index (χ1) is 39.0. The number of hydrogen-bond donors (Lipinski definition) is 0. The maximum atomic E-state index is 12.9. The maximum Gasteiger partial charge on any atom is 0.309 e. The smallest absolute Gasteiger partial charge is 0.309 e. The number of rotatable bonds is 56. The molecular formula is C73H116O6. The predicted molar refractivity (Wildman–Crippen MR) is 343 cm³/mol. The van der Waals surface area contributed by atoms with E-state index in [-0.39, 0.29) is 38.0 Å². The molecule has 0 aliphatic rings. The molecule has 0 heterocycles. The van der Waals surface area contributed by atoms with Crippen LogP contribution in [0.5, 0.6) is 0 Å². The fourth-order valence-electron chi connectivity index (χ4n) is 8.31. The second-order valence-electron chi connectivity index (χ2n) is 20.6. The molecular weight excluding hydrogens is 973 g/mol. The lowest BCUT2D eigenvalue weighted by Crippen LogP contribution is -2.30. The molecule has 1 atom stereocenters. The Morgan fingerprint density at radius 1 is 0.278 bits per heavy atom. The minimum Gasteiger partial charge on any atom is -0.462 e. The summed E-state index contributed by atoms with van der Waals surface area (Å²) in [6, 6.07) is 0. The van der Waals surface area contributed by atoms with E-state index in [1.807, 2.05) is 6.08 Å². The van der Waals surface area contributed by atoms with Crippen molar-refractivity contribution >= 4 is 17.9 Å². The second kappa shape index (κ2) is 65.5. The second-order valence-corrected chi connectivity index (χ2v) is 20.6. The summed E-state index contributed by atoms with van der Waals surface area (Å²) < 4.78 is 16.8. The molecule has 0 aromatic carbocycles. The number of unbranched alkanes of at least 4 members (excludes halogenated alkanes) is 20. The molecule has 0 aliphatic carbocycles. The molecule has 0 N–H and O–H groups in total. The average molecular weight is 1090 g/mol. The summed E-state index contributed by atoms with van der Waals surface area (Å²) in [7, 11) is 0. The normalized spacial score (nSPS) is 13.2. The SMILES string of the molecule is CC/C=C\C/C=C\C/C=C\C/C=C\C/C=C\CCCCCCCCCCCC(=O)OCC(COC(=O)C/C=C\C/C=C\C/C=C\C/C=C\C/C=C\CC)OC(=O)CCCCCCCC/C=C\C/C=C\C/C=C\CCCCCCC. The third kappa shape index (κ3) is 63.7. The molecule has 0 radical (unpaired) electrons. The third-order valence-electron chi connectivity index (χ3n) is 13.0. The molecule has 0 amide bonds. The van der Waals surface area contributed by atoms with E-state index in [0.717, 1.165) is 135 Å². The number of allylic oxidation sites excluding steroid dienone is 25. The van der Waals surface area contributed by atoms with Crippen molar-refractivity contribution in [2.45, 2.75) is 271 Å². The van der Waals surface area contributed by atoms with E-state index in [4.69, 9.17) is 14.2 Å². The molecule has 0 aromatic rings. The van der Waals surface area contributed by atoms with Gasteiger partial charge in [0.25, 0.3) is 0 Å². The standard InChI is InChI=1S/C73H116O6/c1-4-7-10-13-16-19-22-25-28-30-32-34-35-36-37-39-40-42-45-48-51-54-57-60-63-66-72(75)78-69-70(68-77-71(74)65-62-59-56-53-50-47-44-27-24-21-18-15-12-9-6-3)79-73(76)67-64-61-58-55-52-49-46-43-41-38-33-31-29-26-23-20-17-14-11-8-5-2/h7,9-10,12,16,18-19,21,23,25-28,31-34,36-37,41,43-44,50,53,59,62,70H,4-6,8,11,13-15,17,20,22,24,29-30,35,38-40,42,45-49,51-52,54-58,60-61,63-69H2,1-3H3/b10-7-,12-9-,19-16-,21-18-,26-23-,28-25-,33-31-,34-32-,37-36-,43-41-,44-27-,53-50-,62-59-. The van der Waals surface area contributed by atoms with Gasteiger partial charge in [-0.25, -0.2) is 0 Å². The fraction of sp³-hybridized carbons (Fsp3) is 0.603. The Morgan fingerprint density at radius 2 is 0.544 bits per heavy atom. The van der Waals surface area contributed by atoms with Crippen LogP contribution in [0.2, 0.25) is 0 Å². The average Bonchev–Trinajstić information content (AvgIpc) is 3.45. The number of esters is 3. The number of ether oxygens (including phenoxy) is 3. The van der Waals surface area contributed by atoms with Crippen molar-refractivity contribution in [1.29, 1.82) is 0 Å². The summed E-state index contributed by atoms with van der Waals surface area (Å²) >= 11 is 0. The zero-order valence-corrected chi connectivity index (χ0v) is 50.8. The van der Waals surface area contributed by atoms with Gasteiger partial charge in [-0.2, -0.15) is 0 Å². The van der Waals surface area contributed by atoms with Crippen LogP contribution in [0.25, 0.3) is 0 Å². The Hall–Kier alpha value is -4.97. The van der Waals surface area contributed by atoms with Crippen LogP contribution in [-0.2, 0) is 28.6 Å². The molecule has 6 nitrogen and oxygen atoms in total. The van der Waals surface area contributed by atoms with E-state index in [0.29, 0.717) is 6.42 Å². The lowest BCUT2D eigenvalue weighted by Gasteiger charge is -2.18. The first-order valence-corrected chi connectivity index (χ1v) is 32.0. The van der Waals surface area contributed by atoms with Gasteiger partial charge in [-0.15, -0.1) is 0 Å². The monoisotopic (exact) mass is 1090 g/mol. The van der Waals surface area contributed by atoms with Crippen molar-refractivity contribution in [1.82, 2.24) is 0 Å². The van der Waals surface area contributed by atoms with Crippen LogP contribution in [0, 0.1) is 0 Å². The van der Waals surface area contributed by atoms with Crippen LogP contribution in [0.15, 0.2) is 158 Å². The number of carbonyl (C=O) groups is 3. The van der Waals surface area contributed by atoms with Crippen LogP contribution in [-0.4, -0.2) is 37.2 Å². The highest BCUT2D eigenvalue weighted by Crippen LogP contribution is 2.14. The Morgan fingerprint density at radius 3 is 0.886 bits per heavy atom. The minimum atomic E-state index is -0.837. The van der Waals surface area contributed by atoms with E-state index in [2.05, 4.69) is 167 Å². The first kappa shape index (κ1) is 74.0. The molecule has 0 spiro atoms. The van der Waals surface area contributed by atoms with Gasteiger partial charge in [0.05, 0.1) is 6.42 Å². The topological polar surface area (TPSA) is 78.9 Å². The van der Waals surface area contributed by atoms with Crippen LogP contribution in [0.4, 0.5) is 0 Å². The first-order valence-electron chi connectivity index (χ1n) is 32.0. The van der Waals surface area contributed by atoms with Crippen LogP contribution < -0.4 is 0 Å². The number of hydrogen-bond acceptors (Lipinski definition) is 6. The number of carbonyl (C=O) groups excluding carboxylic acids is 3. The van der Waals surface area contributed by atoms with E-state index in [1.165, 1.54) is 89.9 Å². The molecule has 0 saturated carbocycles. The largest absolute Gasteiger partial charge is 0.462 e. The van der Waals surface area contributed by atoms with Crippen molar-refractivity contribution < 1.29 is 28.6 Å². The summed E-state index contributed by atoms with van der Waals surface area (Å²) in [4.78, 5) is 38.3. The predicted octanol–water partition coefficient (Wildman–Crippen LogP) is 22.1. The van der Waals surface area contributed by atoms with Gasteiger partial charge in [0.2, 0.25) is 0 Å². The highest BCUT2D eigenvalue weighted by Gasteiger charge is 2.19. The minimum absolute atomic E-state index is 0.116. The zero-order valence-electron chi connectivity index (χ0n) is 50.8. The van der Waals surface area contributed by atoms with Crippen molar-refractivity contribution in [3.8, 4) is 0 Å². The molecule has 0 bridgehead atoms. The quantitative estimate of drug-likeness (QED) is 0.0261. The molecule has 0 rings (SSSR count). The maximum absolute atomic E-state index is 12.9. The van der Waals surface area contributed by atoms with Gasteiger partial charge in [0.1, 0.15) is 13.2 Å². The molecule has 444 valence electrons. The van der Waals surface area contributed by atoms with Gasteiger partial charge in [-0.05, 0) is 128 Å². The molecule has 6 heteroatoms. The lowest BCUT2D eigenvalue weighted by molar-refractivity contribution is -0.166. The van der Waals surface area contributed by atoms with Crippen LogP contribution in [0.3, 0.4) is 0 Å². The van der Waals surface area contributed by atoms with Crippen LogP contribution in [0.1, 0.15) is 265 Å². The molecule has 0 saturated heterocycles. The fourth-order valence-corrected chi connectivity index (χ4v) is 8.31. The molecule has 0 fully saturated rings. The summed E-state index contributed by atoms with van der Waals surface area (Å²) in [5.41, 5.74) is 0. The van der Waals surface area contributed by atoms with Crippen molar-refractivity contribution in [2.75, 3.05) is 13.2 Å². The summed E-state index contributed by atoms with van der Waals surface area (Å²) in [6.45, 7) is 6.30. The van der Waals surface area contributed by atoms with E-state index in [1.54, 1.807) is 6.08 Å². The molecule has 1 unspecified atom stereocenters. The Labute approximate surface area is 486 Å². The summed E-state index contributed by atoms with van der Waals surface area (Å²) in [6.07, 6.45) is 95.5. The molecule has 0 aromatic heterocycles. The van der Waals surface area contributed by atoms with Crippen molar-refractivity contribution in [3.05, 3.63) is 158 Å². The van der Waals surface area contributed by atoms with E-state index >= 15 is 0 Å². The van der Waals surface area contributed by atoms with Gasteiger partial charge < -0.3 is 14.2 Å². The van der Waals surface area contributed by atoms with Gasteiger partial charge in [0.15, 0.2) is 6.10 Å². The molecule has 0 aliphatic heterocycles. The highest BCUT2D eigenvalue weighted by atomic mass is 16.6. The Bertz CT molecular complexity index is 1780. The van der Waals surface area contributed by atoms with Gasteiger partial charge in [0, 0.05) is 12.8 Å². The van der Waals surface area contributed by atoms with Crippen molar-refractivity contribution in [2.24, 2.45) is 0 Å². The van der Waals surface area contributed by atoms with Crippen molar-refractivity contribution in [3.63, 3.8) is 0 Å². The highest BCUT2D eigenvalue weighted by molar-refractivity contribution is 5.72. The van der Waals surface area contributed by atoms with Crippen LogP contribution >= 0.6 is 0 Å². The van der Waals surface area contributed by atoms with E-state index < -0.39 is 12.1 Å². The lowest BCUT2D eigenvalue weighted by atomic mass is 10.1. The van der Waals surface area contributed by atoms with Gasteiger partial charge >= 0.3 is 17.9 Å².